The summed E-state index contributed by atoms with van der Waals surface area (Å²) in [5, 5.41) is 5.76. The van der Waals surface area contributed by atoms with Crippen LogP contribution in [0.3, 0.4) is 0 Å². The van der Waals surface area contributed by atoms with Crippen LogP contribution in [0.4, 0.5) is 0 Å². The van der Waals surface area contributed by atoms with Gasteiger partial charge < -0.3 is 4.74 Å². The maximum atomic E-state index is 5.81. The predicted molar refractivity (Wildman–Crippen MR) is 74.3 cm³/mol. The molecule has 0 amide bonds. The zero-order valence-electron chi connectivity index (χ0n) is 10.4. The second-order valence-corrected chi connectivity index (χ2v) is 4.64. The number of ether oxygens (including phenoxy) is 1. The minimum absolute atomic E-state index is 0.430. The van der Waals surface area contributed by atoms with Crippen LogP contribution < -0.4 is 4.74 Å². The number of rotatable bonds is 3. The molecule has 0 fully saturated rings. The van der Waals surface area contributed by atoms with Gasteiger partial charge in [-0.15, -0.1) is 0 Å². The largest absolute Gasteiger partial charge is 0.473 e. The number of fused-ring (bicyclic) bond motifs is 1. The molecule has 2 heterocycles. The fourth-order valence-electron chi connectivity index (χ4n) is 1.91. The van der Waals surface area contributed by atoms with E-state index in [1.165, 1.54) is 0 Å². The van der Waals surface area contributed by atoms with Gasteiger partial charge in [0.1, 0.15) is 11.8 Å². The highest BCUT2D eigenvalue weighted by Crippen LogP contribution is 2.17. The van der Waals surface area contributed by atoms with Crippen molar-refractivity contribution in [2.75, 3.05) is 0 Å². The molecule has 0 radical (unpaired) electrons. The van der Waals surface area contributed by atoms with Gasteiger partial charge in [-0.2, -0.15) is 5.10 Å². The summed E-state index contributed by atoms with van der Waals surface area (Å²) in [5.74, 6) is 0.526. The van der Waals surface area contributed by atoms with E-state index in [0.717, 1.165) is 16.5 Å². The molecule has 0 atom stereocenters. The van der Waals surface area contributed by atoms with Crippen molar-refractivity contribution < 1.29 is 4.74 Å². The number of nitrogens with zero attached hydrogens (tertiary/aromatic N) is 3. The normalized spacial score (nSPS) is 10.8. The molecule has 0 aliphatic rings. The van der Waals surface area contributed by atoms with Crippen molar-refractivity contribution in [2.24, 2.45) is 7.05 Å². The van der Waals surface area contributed by atoms with E-state index in [1.807, 2.05) is 36.1 Å². The van der Waals surface area contributed by atoms with Gasteiger partial charge in [0, 0.05) is 18.5 Å². The number of halogens is 1. The molecule has 96 valence electrons. The number of benzene rings is 1. The molecule has 0 bridgehead atoms. The number of aryl methyl sites for hydroxylation is 1. The molecule has 2 aromatic heterocycles. The molecule has 19 heavy (non-hydrogen) atoms. The molecule has 0 aliphatic heterocycles. The summed E-state index contributed by atoms with van der Waals surface area (Å²) in [4.78, 5) is 4.08. The van der Waals surface area contributed by atoms with E-state index >= 15 is 0 Å². The fraction of sp³-hybridized carbons (Fsp3) is 0.143. The smallest absolute Gasteiger partial charge is 0.214 e. The van der Waals surface area contributed by atoms with Crippen molar-refractivity contribution in [1.29, 1.82) is 0 Å². The molecule has 0 saturated heterocycles. The fourth-order valence-corrected chi connectivity index (χ4v) is 2.06. The van der Waals surface area contributed by atoms with Gasteiger partial charge in [-0.1, -0.05) is 29.8 Å². The molecule has 5 heteroatoms. The third kappa shape index (κ3) is 2.53. The van der Waals surface area contributed by atoms with E-state index in [4.69, 9.17) is 16.3 Å². The molecule has 4 nitrogen and oxygen atoms in total. The quantitative estimate of drug-likeness (QED) is 0.688. The van der Waals surface area contributed by atoms with Crippen LogP contribution >= 0.6 is 11.6 Å². The minimum atomic E-state index is 0.430. The number of pyridine rings is 1. The van der Waals surface area contributed by atoms with Gasteiger partial charge in [0.2, 0.25) is 5.88 Å². The van der Waals surface area contributed by atoms with Gasteiger partial charge in [0.05, 0.1) is 11.7 Å². The van der Waals surface area contributed by atoms with Gasteiger partial charge in [-0.25, -0.2) is 4.98 Å². The summed E-state index contributed by atoms with van der Waals surface area (Å²) in [7, 11) is 1.92. The molecule has 3 rings (SSSR count). The first kappa shape index (κ1) is 12.0. The van der Waals surface area contributed by atoms with Crippen LogP contribution in [0.25, 0.3) is 10.9 Å². The van der Waals surface area contributed by atoms with Crippen LogP contribution in [-0.4, -0.2) is 14.8 Å². The molecular weight excluding hydrogens is 262 g/mol. The Morgan fingerprint density at radius 3 is 3.00 bits per heavy atom. The zero-order valence-corrected chi connectivity index (χ0v) is 11.1. The van der Waals surface area contributed by atoms with Crippen molar-refractivity contribution in [3.8, 4) is 5.88 Å². The van der Waals surface area contributed by atoms with Gasteiger partial charge in [-0.05, 0) is 17.7 Å². The monoisotopic (exact) mass is 273 g/mol. The lowest BCUT2D eigenvalue weighted by Gasteiger charge is -2.06. The molecule has 0 spiro atoms. The van der Waals surface area contributed by atoms with E-state index in [2.05, 4.69) is 16.1 Å². The lowest BCUT2D eigenvalue weighted by Crippen LogP contribution is -1.98. The number of hydrogen-bond acceptors (Lipinski definition) is 3. The molecule has 1 aromatic carbocycles. The van der Waals surface area contributed by atoms with Crippen molar-refractivity contribution in [3.05, 3.63) is 53.3 Å². The van der Waals surface area contributed by atoms with Crippen molar-refractivity contribution in [2.45, 2.75) is 6.61 Å². The van der Waals surface area contributed by atoms with Crippen molar-refractivity contribution >= 4 is 22.5 Å². The number of aromatic nitrogens is 3. The first-order valence-electron chi connectivity index (χ1n) is 5.88. The Morgan fingerprint density at radius 2 is 2.16 bits per heavy atom. The molecular formula is C14H12ClN3O. The highest BCUT2D eigenvalue weighted by molar-refractivity contribution is 6.29. The molecule has 0 unspecified atom stereocenters. The summed E-state index contributed by atoms with van der Waals surface area (Å²) in [5.41, 5.74) is 2.15. The molecule has 0 aliphatic carbocycles. The Balaban J connectivity index is 1.79. The van der Waals surface area contributed by atoms with Gasteiger partial charge in [0.25, 0.3) is 0 Å². The Kier molecular flexibility index (Phi) is 3.09. The first-order valence-corrected chi connectivity index (χ1v) is 6.26. The van der Waals surface area contributed by atoms with Gasteiger partial charge >= 0.3 is 0 Å². The lowest BCUT2D eigenvalue weighted by atomic mass is 10.2. The highest BCUT2D eigenvalue weighted by atomic mass is 35.5. The second kappa shape index (κ2) is 4.90. The Hall–Kier alpha value is -2.07. The first-order chi connectivity index (χ1) is 9.22. The van der Waals surface area contributed by atoms with E-state index in [9.17, 15) is 0 Å². The summed E-state index contributed by atoms with van der Waals surface area (Å²) in [6.07, 6.45) is 1.85. The van der Waals surface area contributed by atoms with Gasteiger partial charge in [-0.3, -0.25) is 4.68 Å². The summed E-state index contributed by atoms with van der Waals surface area (Å²) < 4.78 is 7.46. The maximum absolute atomic E-state index is 5.81. The average molecular weight is 274 g/mol. The Morgan fingerprint density at radius 1 is 1.26 bits per heavy atom. The van der Waals surface area contributed by atoms with Crippen molar-refractivity contribution in [3.63, 3.8) is 0 Å². The molecule has 3 aromatic rings. The standard InChI is InChI=1S/C14H12ClN3O/c1-18-12-7-10(5-6-11(12)8-16-18)9-19-14-4-2-3-13(15)17-14/h2-8H,9H2,1H3. The number of hydrogen-bond donors (Lipinski definition) is 0. The highest BCUT2D eigenvalue weighted by Gasteiger charge is 2.02. The summed E-state index contributed by atoms with van der Waals surface area (Å²) in [6.45, 7) is 0.453. The second-order valence-electron chi connectivity index (χ2n) is 4.25. The van der Waals surface area contributed by atoms with Crippen molar-refractivity contribution in [1.82, 2.24) is 14.8 Å². The van der Waals surface area contributed by atoms with E-state index in [-0.39, 0.29) is 0 Å². The van der Waals surface area contributed by atoms with Crippen LogP contribution in [-0.2, 0) is 13.7 Å². The summed E-state index contributed by atoms with van der Waals surface area (Å²) in [6, 6.07) is 11.4. The van der Waals surface area contributed by atoms with Crippen LogP contribution in [0.2, 0.25) is 5.15 Å². The predicted octanol–water partition coefficient (Wildman–Crippen LogP) is 3.20. The van der Waals surface area contributed by atoms with Gasteiger partial charge in [0.15, 0.2) is 0 Å². The zero-order chi connectivity index (χ0) is 13.2. The van der Waals surface area contributed by atoms with Crippen LogP contribution in [0, 0.1) is 0 Å². The molecule has 0 saturated carbocycles. The maximum Gasteiger partial charge on any atom is 0.214 e. The SMILES string of the molecule is Cn1ncc2ccc(COc3cccc(Cl)n3)cc21. The van der Waals surface area contributed by atoms with Crippen LogP contribution in [0.15, 0.2) is 42.6 Å². The van der Waals surface area contributed by atoms with Crippen LogP contribution in [0.1, 0.15) is 5.56 Å². The van der Waals surface area contributed by atoms with E-state index in [0.29, 0.717) is 17.6 Å². The Bertz CT molecular complexity index is 724. The third-order valence-electron chi connectivity index (χ3n) is 2.89. The van der Waals surface area contributed by atoms with E-state index < -0.39 is 0 Å². The third-order valence-corrected chi connectivity index (χ3v) is 3.10. The average Bonchev–Trinajstić information content (AvgIpc) is 2.78. The lowest BCUT2D eigenvalue weighted by molar-refractivity contribution is 0.294. The Labute approximate surface area is 115 Å². The topological polar surface area (TPSA) is 39.9 Å². The van der Waals surface area contributed by atoms with Crippen LogP contribution in [0.5, 0.6) is 5.88 Å². The minimum Gasteiger partial charge on any atom is -0.473 e. The molecule has 0 N–H and O–H groups in total. The van der Waals surface area contributed by atoms with E-state index in [1.54, 1.807) is 12.1 Å². The summed E-state index contributed by atoms with van der Waals surface area (Å²) >= 11 is 5.81.